The van der Waals surface area contributed by atoms with Gasteiger partial charge in [0.2, 0.25) is 0 Å². The highest BCUT2D eigenvalue weighted by atomic mass is 16.5. The lowest BCUT2D eigenvalue weighted by Crippen LogP contribution is -2.38. The number of rotatable bonds is 9. The van der Waals surface area contributed by atoms with Gasteiger partial charge in [0.15, 0.2) is 0 Å². The van der Waals surface area contributed by atoms with Crippen LogP contribution in [0.15, 0.2) is 72.8 Å². The molecule has 0 saturated heterocycles. The van der Waals surface area contributed by atoms with E-state index in [1.165, 1.54) is 27.8 Å². The molecule has 216 valence electrons. The highest BCUT2D eigenvalue weighted by Crippen LogP contribution is 2.11. The van der Waals surface area contributed by atoms with Crippen molar-refractivity contribution in [3.8, 4) is 37.0 Å². The quantitative estimate of drug-likeness (QED) is 0.177. The molecule has 3 aromatic rings. The molecular formula is C37H48N3O+. The van der Waals surface area contributed by atoms with Crippen LogP contribution in [0.1, 0.15) is 33.4 Å². The van der Waals surface area contributed by atoms with Crippen molar-refractivity contribution in [3.63, 3.8) is 0 Å². The monoisotopic (exact) mass is 550 g/mol. The van der Waals surface area contributed by atoms with E-state index >= 15 is 0 Å². The fraction of sp³-hybridized carbons (Fsp3) is 0.351. The summed E-state index contributed by atoms with van der Waals surface area (Å²) in [4.78, 5) is 2.12. The van der Waals surface area contributed by atoms with Crippen molar-refractivity contribution >= 4 is 0 Å². The number of hydrogen-bond donors (Lipinski definition) is 0. The van der Waals surface area contributed by atoms with Gasteiger partial charge in [0.1, 0.15) is 26.2 Å². The minimum Gasteiger partial charge on any atom is -0.632 e. The van der Waals surface area contributed by atoms with Crippen LogP contribution in [0, 0.1) is 63.0 Å². The summed E-state index contributed by atoms with van der Waals surface area (Å²) in [6.07, 6.45) is 15.7. The molecule has 0 amide bonds. The first-order valence-electron chi connectivity index (χ1n) is 13.8. The van der Waals surface area contributed by atoms with E-state index in [0.717, 1.165) is 29.7 Å². The molecule has 41 heavy (non-hydrogen) atoms. The molecule has 0 saturated carbocycles. The number of quaternary nitrogens is 2. The first-order valence-corrected chi connectivity index (χ1v) is 13.8. The molecular weight excluding hydrogens is 502 g/mol. The first-order chi connectivity index (χ1) is 19.3. The fourth-order valence-corrected chi connectivity index (χ4v) is 4.04. The number of aryl methyl sites for hydroxylation is 3. The molecule has 0 spiro atoms. The topological polar surface area (TPSA) is 26.3 Å². The van der Waals surface area contributed by atoms with Gasteiger partial charge in [-0.05, 0) is 45.2 Å². The summed E-state index contributed by atoms with van der Waals surface area (Å²) in [6.45, 7) is 10.3. The van der Waals surface area contributed by atoms with Crippen LogP contribution in [0.3, 0.4) is 0 Å². The Morgan fingerprint density at radius 2 is 1.00 bits per heavy atom. The predicted octanol–water partition coefficient (Wildman–Crippen LogP) is 6.34. The summed E-state index contributed by atoms with van der Waals surface area (Å²) < 4.78 is 0.444. The Kier molecular flexibility index (Phi) is 15.3. The molecule has 0 aliphatic rings. The zero-order valence-corrected chi connectivity index (χ0v) is 26.2. The maximum Gasteiger partial charge on any atom is 0.140 e. The maximum atomic E-state index is 11.8. The highest BCUT2D eigenvalue weighted by molar-refractivity contribution is 5.22. The number of nitrogens with zero attached hydrogens (tertiary/aromatic N) is 3. The van der Waals surface area contributed by atoms with Gasteiger partial charge in [-0.3, -0.25) is 4.90 Å². The lowest BCUT2D eigenvalue weighted by Gasteiger charge is -2.36. The second kappa shape index (κ2) is 17.8. The van der Waals surface area contributed by atoms with E-state index in [1.807, 2.05) is 38.2 Å². The second-order valence-electron chi connectivity index (χ2n) is 11.6. The van der Waals surface area contributed by atoms with Crippen LogP contribution in [0.2, 0.25) is 0 Å². The third-order valence-corrected chi connectivity index (χ3v) is 6.25. The molecule has 1 atom stereocenters. The van der Waals surface area contributed by atoms with Crippen molar-refractivity contribution in [2.45, 2.75) is 40.4 Å². The van der Waals surface area contributed by atoms with Crippen molar-refractivity contribution in [1.82, 2.24) is 4.90 Å². The molecule has 0 aromatic heterocycles. The molecule has 0 N–H and O–H groups in total. The van der Waals surface area contributed by atoms with E-state index in [-0.39, 0.29) is 6.54 Å². The molecule has 4 heteroatoms. The smallest absolute Gasteiger partial charge is 0.140 e. The van der Waals surface area contributed by atoms with Gasteiger partial charge in [-0.1, -0.05) is 95.4 Å². The van der Waals surface area contributed by atoms with Crippen molar-refractivity contribution in [2.75, 3.05) is 47.8 Å². The summed E-state index contributed by atoms with van der Waals surface area (Å²) in [5.74, 6) is 7.74. The molecule has 1 unspecified atom stereocenters. The fourth-order valence-electron chi connectivity index (χ4n) is 4.04. The van der Waals surface area contributed by atoms with Gasteiger partial charge in [0.05, 0.1) is 27.7 Å². The van der Waals surface area contributed by atoms with Gasteiger partial charge in [0.25, 0.3) is 0 Å². The maximum absolute atomic E-state index is 11.8. The Morgan fingerprint density at radius 1 is 0.610 bits per heavy atom. The Labute approximate surface area is 250 Å². The summed E-state index contributed by atoms with van der Waals surface area (Å²) in [7, 11) is 7.93. The van der Waals surface area contributed by atoms with Gasteiger partial charge >= 0.3 is 0 Å². The predicted molar refractivity (Wildman–Crippen MR) is 175 cm³/mol. The third-order valence-electron chi connectivity index (χ3n) is 6.25. The number of hydroxylamine groups is 3. The van der Waals surface area contributed by atoms with Crippen molar-refractivity contribution < 1.29 is 9.13 Å². The Balaban J connectivity index is 0.000000308. The number of terminal acetylenes is 3. The van der Waals surface area contributed by atoms with Crippen molar-refractivity contribution in [3.05, 3.63) is 111 Å². The van der Waals surface area contributed by atoms with E-state index in [4.69, 9.17) is 19.3 Å². The van der Waals surface area contributed by atoms with Gasteiger partial charge in [-0.15, -0.1) is 19.3 Å². The lowest BCUT2D eigenvalue weighted by atomic mass is 10.1. The zero-order chi connectivity index (χ0) is 30.9. The second-order valence-corrected chi connectivity index (χ2v) is 11.6. The van der Waals surface area contributed by atoms with Gasteiger partial charge in [-0.2, -0.15) is 0 Å². The average molecular weight is 551 g/mol. The average Bonchev–Trinajstić information content (AvgIpc) is 2.89. The SMILES string of the molecule is C#CCN(C)Cc1ccc(C)cc1.C#CC[N+](C)(C)Cc1ccc(C)cc1.C#CC[N+](C)([O-])Cc1ccc(C)cc1. The van der Waals surface area contributed by atoms with Crippen LogP contribution in [0.4, 0.5) is 0 Å². The molecule has 3 aromatic carbocycles. The normalized spacial score (nSPS) is 11.9. The molecule has 0 heterocycles. The van der Waals surface area contributed by atoms with E-state index in [1.54, 1.807) is 7.05 Å². The first kappa shape index (κ1) is 35.2. The van der Waals surface area contributed by atoms with E-state index < -0.39 is 4.65 Å². The Morgan fingerprint density at radius 3 is 1.39 bits per heavy atom. The van der Waals surface area contributed by atoms with Crippen LogP contribution < -0.4 is 0 Å². The summed E-state index contributed by atoms with van der Waals surface area (Å²) >= 11 is 0. The van der Waals surface area contributed by atoms with Crippen LogP contribution in [0.25, 0.3) is 0 Å². The van der Waals surface area contributed by atoms with Gasteiger partial charge in [-0.25, -0.2) is 0 Å². The Bertz CT molecular complexity index is 1210. The molecule has 0 radical (unpaired) electrons. The molecule has 0 bridgehead atoms. The van der Waals surface area contributed by atoms with Crippen LogP contribution >= 0.6 is 0 Å². The standard InChI is InChI=1S/C13H18N.C12H15NO.C12H15N/c1-5-10-14(3,4)11-13-8-6-12(2)7-9-13;1-4-9-13(3,14)10-12-7-5-11(2)6-8-12;1-4-9-13(3)10-12-7-5-11(2)6-8-12/h1,6-9H,10-11H2,2-4H3;1,5-8H,9-10H2,2-3H3;1,5-8H,9-10H2,2-3H3/q+1;;. The Hall–Kier alpha value is -3.82. The number of benzene rings is 3. The molecule has 3 rings (SSSR count). The van der Waals surface area contributed by atoms with Gasteiger partial charge in [0, 0.05) is 17.7 Å². The third kappa shape index (κ3) is 16.1. The minimum atomic E-state index is -0.403. The lowest BCUT2D eigenvalue weighted by molar-refractivity contribution is -0.896. The molecule has 0 aliphatic carbocycles. The summed E-state index contributed by atoms with van der Waals surface area (Å²) in [5.41, 5.74) is 7.48. The van der Waals surface area contributed by atoms with Crippen molar-refractivity contribution in [1.29, 1.82) is 0 Å². The van der Waals surface area contributed by atoms with Gasteiger partial charge < -0.3 is 14.3 Å². The van der Waals surface area contributed by atoms with E-state index in [9.17, 15) is 5.21 Å². The van der Waals surface area contributed by atoms with Crippen LogP contribution in [0.5, 0.6) is 0 Å². The molecule has 4 nitrogen and oxygen atoms in total. The van der Waals surface area contributed by atoms with E-state index in [2.05, 4.69) is 99.1 Å². The highest BCUT2D eigenvalue weighted by Gasteiger charge is 2.13. The number of hydrogen-bond acceptors (Lipinski definition) is 2. The summed E-state index contributed by atoms with van der Waals surface area (Å²) in [5, 5.41) is 11.8. The van der Waals surface area contributed by atoms with Crippen molar-refractivity contribution in [2.24, 2.45) is 0 Å². The largest absolute Gasteiger partial charge is 0.632 e. The molecule has 0 fully saturated rings. The summed E-state index contributed by atoms with van der Waals surface area (Å²) in [6, 6.07) is 25.1. The van der Waals surface area contributed by atoms with Crippen LogP contribution in [-0.4, -0.2) is 61.9 Å². The van der Waals surface area contributed by atoms with Crippen LogP contribution in [-0.2, 0) is 19.6 Å². The molecule has 0 aliphatic heterocycles. The zero-order valence-electron chi connectivity index (χ0n) is 26.2. The van der Waals surface area contributed by atoms with E-state index in [0.29, 0.717) is 13.1 Å². The minimum absolute atomic E-state index is 0.216.